The average Bonchev–Trinajstić information content (AvgIpc) is 2.77. The fraction of sp³-hybridized carbons (Fsp3) is 0.417. The molecule has 1 unspecified atom stereocenters. The molecule has 1 fully saturated rings. The molecule has 184 valence electrons. The van der Waals surface area contributed by atoms with E-state index in [9.17, 15) is 27.9 Å². The van der Waals surface area contributed by atoms with E-state index in [-0.39, 0.29) is 29.9 Å². The van der Waals surface area contributed by atoms with E-state index in [1.54, 1.807) is 23.1 Å². The summed E-state index contributed by atoms with van der Waals surface area (Å²) >= 11 is 0. The molecule has 1 atom stereocenters. The van der Waals surface area contributed by atoms with Gasteiger partial charge in [0, 0.05) is 19.0 Å². The summed E-state index contributed by atoms with van der Waals surface area (Å²) in [7, 11) is 0. The van der Waals surface area contributed by atoms with Crippen LogP contribution in [0.5, 0.6) is 17.2 Å². The predicted molar refractivity (Wildman–Crippen MR) is 116 cm³/mol. The van der Waals surface area contributed by atoms with E-state index in [2.05, 4.69) is 4.74 Å². The summed E-state index contributed by atoms with van der Waals surface area (Å²) in [5.41, 5.74) is -0.431. The van der Waals surface area contributed by atoms with Crippen molar-refractivity contribution in [2.75, 3.05) is 19.7 Å². The quantitative estimate of drug-likeness (QED) is 0.593. The first-order chi connectivity index (χ1) is 15.9. The second-order valence-electron chi connectivity index (χ2n) is 8.48. The largest absolute Gasteiger partial charge is 0.573 e. The van der Waals surface area contributed by atoms with Crippen molar-refractivity contribution in [1.29, 1.82) is 0 Å². The van der Waals surface area contributed by atoms with Crippen LogP contribution in [0.4, 0.5) is 13.2 Å². The third-order valence-electron chi connectivity index (χ3n) is 5.41. The van der Waals surface area contributed by atoms with E-state index in [4.69, 9.17) is 9.47 Å². The number of carboxylic acid groups (broad SMARTS) is 1. The number of carbonyl (C=O) groups excluding carboxylic acids is 1. The van der Waals surface area contributed by atoms with Gasteiger partial charge in [-0.2, -0.15) is 0 Å². The Kier molecular flexibility index (Phi) is 7.58. The molecule has 0 aliphatic carbocycles. The number of benzene rings is 2. The van der Waals surface area contributed by atoms with Crippen LogP contribution in [-0.2, 0) is 9.59 Å². The van der Waals surface area contributed by atoms with Gasteiger partial charge in [0.25, 0.3) is 5.91 Å². The number of rotatable bonds is 8. The maximum Gasteiger partial charge on any atom is 0.573 e. The van der Waals surface area contributed by atoms with Crippen LogP contribution in [0.15, 0.2) is 48.5 Å². The summed E-state index contributed by atoms with van der Waals surface area (Å²) in [6, 6.07) is 12.0. The van der Waals surface area contributed by atoms with Crippen LogP contribution >= 0.6 is 0 Å². The highest BCUT2D eigenvalue weighted by Crippen LogP contribution is 2.30. The zero-order valence-corrected chi connectivity index (χ0v) is 18.8. The van der Waals surface area contributed by atoms with Gasteiger partial charge in [-0.15, -0.1) is 13.2 Å². The van der Waals surface area contributed by atoms with Gasteiger partial charge in [-0.3, -0.25) is 4.79 Å². The molecule has 10 heteroatoms. The monoisotopic (exact) mass is 481 g/mol. The number of piperidine rings is 1. The summed E-state index contributed by atoms with van der Waals surface area (Å²) in [6.45, 7) is 3.73. The van der Waals surface area contributed by atoms with Gasteiger partial charge in [0.2, 0.25) is 0 Å². The smallest absolute Gasteiger partial charge is 0.484 e. The third kappa shape index (κ3) is 7.03. The van der Waals surface area contributed by atoms with Crippen molar-refractivity contribution in [3.63, 3.8) is 0 Å². The Morgan fingerprint density at radius 2 is 1.71 bits per heavy atom. The van der Waals surface area contributed by atoms with E-state index >= 15 is 0 Å². The maximum absolute atomic E-state index is 12.7. The summed E-state index contributed by atoms with van der Waals surface area (Å²) < 4.78 is 51.6. The van der Waals surface area contributed by atoms with Gasteiger partial charge in [0.1, 0.15) is 17.2 Å². The van der Waals surface area contributed by atoms with Gasteiger partial charge in [-0.1, -0.05) is 12.1 Å². The minimum absolute atomic E-state index is 0.0491. The summed E-state index contributed by atoms with van der Waals surface area (Å²) in [5, 5.41) is 9.28. The number of nitrogens with zero attached hydrogens (tertiary/aromatic N) is 1. The third-order valence-corrected chi connectivity index (χ3v) is 5.41. The number of alkyl halides is 3. The number of carbonyl (C=O) groups is 2. The van der Waals surface area contributed by atoms with Crippen LogP contribution in [0.2, 0.25) is 0 Å². The molecule has 0 saturated carbocycles. The Balaban J connectivity index is 1.57. The lowest BCUT2D eigenvalue weighted by Gasteiger charge is -2.33. The normalized spacial score (nSPS) is 16.6. The van der Waals surface area contributed by atoms with Gasteiger partial charge in [-0.25, -0.2) is 4.79 Å². The summed E-state index contributed by atoms with van der Waals surface area (Å²) in [6.07, 6.45) is -3.14. The molecule has 0 radical (unpaired) electrons. The summed E-state index contributed by atoms with van der Waals surface area (Å²) in [4.78, 5) is 25.7. The molecular formula is C24H26F3NO6. The van der Waals surface area contributed by atoms with Gasteiger partial charge >= 0.3 is 12.3 Å². The number of likely N-dealkylation sites (tertiary alicyclic amines) is 1. The molecule has 1 N–H and O–H groups in total. The highest BCUT2D eigenvalue weighted by Gasteiger charge is 2.31. The zero-order valence-electron chi connectivity index (χ0n) is 18.8. The second kappa shape index (κ2) is 10.2. The lowest BCUT2D eigenvalue weighted by molar-refractivity contribution is -0.274. The van der Waals surface area contributed by atoms with Crippen LogP contribution in [0.1, 0.15) is 38.2 Å². The molecule has 2 aromatic carbocycles. The fourth-order valence-electron chi connectivity index (χ4n) is 3.62. The van der Waals surface area contributed by atoms with Crippen molar-refractivity contribution >= 4 is 11.9 Å². The Morgan fingerprint density at radius 1 is 1.03 bits per heavy atom. The highest BCUT2D eigenvalue weighted by atomic mass is 19.4. The maximum atomic E-state index is 12.7. The standard InChI is InChI=1S/C24H26F3NO6/c1-23(2,22(30)31)33-20-7-3-5-16(13-20)17-6-4-12-28(14-17)21(29)15-32-18-8-10-19(11-9-18)34-24(25,26)27/h3,5,7-11,13,17H,4,6,12,14-15H2,1-2H3,(H,30,31). The Labute approximate surface area is 195 Å². The van der Waals surface area contributed by atoms with Crippen LogP contribution in [0.3, 0.4) is 0 Å². The molecule has 0 bridgehead atoms. The van der Waals surface area contributed by atoms with Crippen molar-refractivity contribution < 1.29 is 42.1 Å². The van der Waals surface area contributed by atoms with Crippen molar-refractivity contribution in [2.24, 2.45) is 0 Å². The first-order valence-corrected chi connectivity index (χ1v) is 10.7. The van der Waals surface area contributed by atoms with Crippen molar-refractivity contribution in [3.05, 3.63) is 54.1 Å². The summed E-state index contributed by atoms with van der Waals surface area (Å²) in [5.74, 6) is -0.942. The fourth-order valence-corrected chi connectivity index (χ4v) is 3.62. The number of ether oxygens (including phenoxy) is 3. The Morgan fingerprint density at radius 3 is 2.35 bits per heavy atom. The van der Waals surface area contributed by atoms with E-state index in [1.165, 1.54) is 26.0 Å². The zero-order chi connectivity index (χ0) is 24.9. The second-order valence-corrected chi connectivity index (χ2v) is 8.48. The molecule has 1 heterocycles. The number of hydrogen-bond acceptors (Lipinski definition) is 5. The number of aliphatic carboxylic acids is 1. The lowest BCUT2D eigenvalue weighted by atomic mass is 9.90. The minimum Gasteiger partial charge on any atom is -0.484 e. The molecule has 1 saturated heterocycles. The van der Waals surface area contributed by atoms with E-state index < -0.39 is 17.9 Å². The average molecular weight is 481 g/mol. The van der Waals surface area contributed by atoms with E-state index in [0.29, 0.717) is 18.8 Å². The van der Waals surface area contributed by atoms with Crippen LogP contribution in [-0.4, -0.2) is 53.5 Å². The molecule has 34 heavy (non-hydrogen) atoms. The van der Waals surface area contributed by atoms with Crippen molar-refractivity contribution in [2.45, 2.75) is 44.6 Å². The SMILES string of the molecule is CC(C)(Oc1cccc(C2CCCN(C(=O)COc3ccc(OC(F)(F)F)cc3)C2)c1)C(=O)O. The van der Waals surface area contributed by atoms with Gasteiger partial charge in [0.15, 0.2) is 12.2 Å². The lowest BCUT2D eigenvalue weighted by Crippen LogP contribution is -2.41. The van der Waals surface area contributed by atoms with E-state index in [0.717, 1.165) is 30.5 Å². The number of amides is 1. The van der Waals surface area contributed by atoms with Gasteiger partial charge in [0.05, 0.1) is 0 Å². The van der Waals surface area contributed by atoms with E-state index in [1.807, 2.05) is 6.07 Å². The molecule has 3 rings (SSSR count). The van der Waals surface area contributed by atoms with Crippen molar-refractivity contribution in [1.82, 2.24) is 4.90 Å². The topological polar surface area (TPSA) is 85.3 Å². The van der Waals surface area contributed by atoms with Crippen LogP contribution in [0.25, 0.3) is 0 Å². The van der Waals surface area contributed by atoms with Gasteiger partial charge in [-0.05, 0) is 68.7 Å². The molecule has 0 aromatic heterocycles. The number of carboxylic acids is 1. The Hall–Kier alpha value is -3.43. The molecular weight excluding hydrogens is 455 g/mol. The number of hydrogen-bond donors (Lipinski definition) is 1. The molecule has 1 aliphatic rings. The molecule has 1 amide bonds. The first-order valence-electron chi connectivity index (χ1n) is 10.7. The van der Waals surface area contributed by atoms with Crippen molar-refractivity contribution in [3.8, 4) is 17.2 Å². The van der Waals surface area contributed by atoms with Gasteiger partial charge < -0.3 is 24.2 Å². The molecule has 7 nitrogen and oxygen atoms in total. The van der Waals surface area contributed by atoms with Crippen LogP contribution < -0.4 is 14.2 Å². The first kappa shape index (κ1) is 25.2. The Bertz CT molecular complexity index is 1010. The number of halogens is 3. The molecule has 2 aromatic rings. The predicted octanol–water partition coefficient (Wildman–Crippen LogP) is 4.61. The highest BCUT2D eigenvalue weighted by molar-refractivity contribution is 5.78. The van der Waals surface area contributed by atoms with Crippen LogP contribution in [0, 0.1) is 0 Å². The molecule has 1 aliphatic heterocycles. The molecule has 0 spiro atoms. The minimum atomic E-state index is -4.78.